The number of halogens is 1. The monoisotopic (exact) mass is 405 g/mol. The molecule has 1 fully saturated rings. The zero-order chi connectivity index (χ0) is 21.0. The highest BCUT2D eigenvalue weighted by molar-refractivity contribution is 5.88. The maximum atomic E-state index is 14.2. The van der Waals surface area contributed by atoms with Crippen molar-refractivity contribution >= 4 is 5.91 Å². The molecule has 0 aliphatic heterocycles. The summed E-state index contributed by atoms with van der Waals surface area (Å²) in [5, 5.41) is 0. The largest absolute Gasteiger partial charge is 0.347 e. The molecule has 1 atom stereocenters. The standard InChI is InChI=1S/C25H28FN3O/c1-19(23-27-16-17-28-23)29(18-20-8-4-2-5-9-20)24(30)25(14-6-3-7-15-25)21-10-12-22(26)13-11-21/h2,4-5,8-13,16-17,19H,3,6-7,14-15,18H2,1H3,(H,27,28). The van der Waals surface area contributed by atoms with E-state index in [0.29, 0.717) is 6.54 Å². The third-order valence-corrected chi connectivity index (χ3v) is 6.35. The van der Waals surface area contributed by atoms with Crippen molar-refractivity contribution in [1.29, 1.82) is 0 Å². The van der Waals surface area contributed by atoms with Gasteiger partial charge < -0.3 is 9.88 Å². The number of hydrogen-bond donors (Lipinski definition) is 1. The second-order valence-corrected chi connectivity index (χ2v) is 8.22. The number of carbonyl (C=O) groups excluding carboxylic acids is 1. The Hall–Kier alpha value is -2.95. The highest BCUT2D eigenvalue weighted by atomic mass is 19.1. The van der Waals surface area contributed by atoms with Crippen LogP contribution in [0.1, 0.15) is 62.0 Å². The van der Waals surface area contributed by atoms with Crippen LogP contribution < -0.4 is 0 Å². The molecule has 1 aliphatic rings. The van der Waals surface area contributed by atoms with E-state index in [2.05, 4.69) is 9.97 Å². The number of H-pyrrole nitrogens is 1. The van der Waals surface area contributed by atoms with E-state index in [0.717, 1.165) is 49.1 Å². The summed E-state index contributed by atoms with van der Waals surface area (Å²) in [6, 6.07) is 16.4. The Morgan fingerprint density at radius 2 is 1.80 bits per heavy atom. The molecule has 3 aromatic rings. The number of carbonyl (C=O) groups is 1. The minimum Gasteiger partial charge on any atom is -0.347 e. The zero-order valence-electron chi connectivity index (χ0n) is 17.4. The first kappa shape index (κ1) is 20.3. The highest BCUT2D eigenvalue weighted by Crippen LogP contribution is 2.42. The number of aromatic amines is 1. The lowest BCUT2D eigenvalue weighted by atomic mass is 9.68. The van der Waals surface area contributed by atoms with Gasteiger partial charge in [-0.2, -0.15) is 0 Å². The predicted octanol–water partition coefficient (Wildman–Crippen LogP) is 5.54. The molecule has 1 saturated carbocycles. The second kappa shape index (κ2) is 8.82. The smallest absolute Gasteiger partial charge is 0.234 e. The van der Waals surface area contributed by atoms with Crippen molar-refractivity contribution in [1.82, 2.24) is 14.9 Å². The summed E-state index contributed by atoms with van der Waals surface area (Å²) >= 11 is 0. The number of benzene rings is 2. The second-order valence-electron chi connectivity index (χ2n) is 8.22. The number of amides is 1. The van der Waals surface area contributed by atoms with Crippen LogP contribution in [0, 0.1) is 5.82 Å². The molecular formula is C25H28FN3O. The zero-order valence-corrected chi connectivity index (χ0v) is 17.4. The molecule has 1 amide bonds. The fourth-order valence-electron chi connectivity index (χ4n) is 4.64. The number of nitrogens with zero attached hydrogens (tertiary/aromatic N) is 2. The van der Waals surface area contributed by atoms with Gasteiger partial charge >= 0.3 is 0 Å². The number of rotatable bonds is 6. The fraction of sp³-hybridized carbons (Fsp3) is 0.360. The van der Waals surface area contributed by atoms with Gasteiger partial charge in [-0.3, -0.25) is 4.79 Å². The van der Waals surface area contributed by atoms with Gasteiger partial charge in [-0.25, -0.2) is 9.37 Å². The van der Waals surface area contributed by atoms with Crippen molar-refractivity contribution in [2.45, 2.75) is 57.0 Å². The van der Waals surface area contributed by atoms with Crippen LogP contribution in [0.3, 0.4) is 0 Å². The number of nitrogens with one attached hydrogen (secondary N) is 1. The number of imidazole rings is 1. The lowest BCUT2D eigenvalue weighted by Crippen LogP contribution is -2.48. The van der Waals surface area contributed by atoms with Gasteiger partial charge in [0.1, 0.15) is 11.6 Å². The maximum absolute atomic E-state index is 14.2. The molecule has 0 bridgehead atoms. The van der Waals surface area contributed by atoms with Crippen LogP contribution in [-0.2, 0) is 16.8 Å². The normalized spacial score (nSPS) is 16.7. The Morgan fingerprint density at radius 1 is 1.10 bits per heavy atom. The molecule has 1 heterocycles. The summed E-state index contributed by atoms with van der Waals surface area (Å²) in [4.78, 5) is 23.8. The summed E-state index contributed by atoms with van der Waals surface area (Å²) in [6.45, 7) is 2.52. The van der Waals surface area contributed by atoms with E-state index in [4.69, 9.17) is 0 Å². The number of hydrogen-bond acceptors (Lipinski definition) is 2. The first-order valence-corrected chi connectivity index (χ1v) is 10.7. The van der Waals surface area contributed by atoms with E-state index in [1.807, 2.05) is 42.2 Å². The SMILES string of the molecule is CC(c1ncc[nH]1)N(Cc1ccccc1)C(=O)C1(c2ccc(F)cc2)CCCCC1. The van der Waals surface area contributed by atoms with Gasteiger partial charge in [0.2, 0.25) is 5.91 Å². The summed E-state index contributed by atoms with van der Waals surface area (Å²) in [6.07, 6.45) is 8.19. The third kappa shape index (κ3) is 4.02. The minimum absolute atomic E-state index is 0.0987. The van der Waals surface area contributed by atoms with Crippen molar-refractivity contribution in [3.05, 3.63) is 89.8 Å². The molecular weight excluding hydrogens is 377 g/mol. The van der Waals surface area contributed by atoms with Crippen LogP contribution in [0.5, 0.6) is 0 Å². The quantitative estimate of drug-likeness (QED) is 0.585. The van der Waals surface area contributed by atoms with Crippen molar-refractivity contribution < 1.29 is 9.18 Å². The van der Waals surface area contributed by atoms with Crippen molar-refractivity contribution in [3.63, 3.8) is 0 Å². The van der Waals surface area contributed by atoms with Crippen molar-refractivity contribution in [3.8, 4) is 0 Å². The lowest BCUT2D eigenvalue weighted by molar-refractivity contribution is -0.142. The van der Waals surface area contributed by atoms with Crippen LogP contribution in [-0.4, -0.2) is 20.8 Å². The van der Waals surface area contributed by atoms with E-state index >= 15 is 0 Å². The lowest BCUT2D eigenvalue weighted by Gasteiger charge is -2.42. The highest BCUT2D eigenvalue weighted by Gasteiger charge is 2.45. The maximum Gasteiger partial charge on any atom is 0.234 e. The Morgan fingerprint density at radius 3 is 2.43 bits per heavy atom. The average Bonchev–Trinajstić information content (AvgIpc) is 3.33. The molecule has 0 spiro atoms. The predicted molar refractivity (Wildman–Crippen MR) is 115 cm³/mol. The Bertz CT molecular complexity index is 948. The van der Waals surface area contributed by atoms with Crippen LogP contribution >= 0.6 is 0 Å². The van der Waals surface area contributed by atoms with Crippen LogP contribution in [0.15, 0.2) is 67.0 Å². The molecule has 1 unspecified atom stereocenters. The van der Waals surface area contributed by atoms with Crippen molar-refractivity contribution in [2.75, 3.05) is 0 Å². The fourth-order valence-corrected chi connectivity index (χ4v) is 4.64. The number of aromatic nitrogens is 2. The van der Waals surface area contributed by atoms with Gasteiger partial charge in [0.05, 0.1) is 11.5 Å². The first-order valence-electron chi connectivity index (χ1n) is 10.7. The Balaban J connectivity index is 1.74. The molecule has 0 radical (unpaired) electrons. The molecule has 5 heteroatoms. The molecule has 2 aromatic carbocycles. The van der Waals surface area contributed by atoms with Gasteiger partial charge in [-0.05, 0) is 43.0 Å². The average molecular weight is 406 g/mol. The third-order valence-electron chi connectivity index (χ3n) is 6.35. The van der Waals surface area contributed by atoms with Crippen molar-refractivity contribution in [2.24, 2.45) is 0 Å². The summed E-state index contributed by atoms with van der Waals surface area (Å²) in [5.41, 5.74) is 1.37. The molecule has 1 N–H and O–H groups in total. The van der Waals surface area contributed by atoms with Gasteiger partial charge in [0, 0.05) is 18.9 Å². The van der Waals surface area contributed by atoms with E-state index in [1.54, 1.807) is 24.5 Å². The molecule has 30 heavy (non-hydrogen) atoms. The summed E-state index contributed by atoms with van der Waals surface area (Å²) < 4.78 is 13.6. The van der Waals surface area contributed by atoms with Crippen LogP contribution in [0.2, 0.25) is 0 Å². The molecule has 0 saturated heterocycles. The summed E-state index contributed by atoms with van der Waals surface area (Å²) in [5.74, 6) is 0.591. The molecule has 1 aliphatic carbocycles. The molecule has 4 nitrogen and oxygen atoms in total. The van der Waals surface area contributed by atoms with Gasteiger partial charge in [0.15, 0.2) is 0 Å². The van der Waals surface area contributed by atoms with E-state index in [-0.39, 0.29) is 17.8 Å². The Labute approximate surface area is 177 Å². The summed E-state index contributed by atoms with van der Waals surface area (Å²) in [7, 11) is 0. The molecule has 156 valence electrons. The molecule has 1 aromatic heterocycles. The van der Waals surface area contributed by atoms with E-state index < -0.39 is 5.41 Å². The van der Waals surface area contributed by atoms with Gasteiger partial charge in [-0.15, -0.1) is 0 Å². The minimum atomic E-state index is -0.623. The van der Waals surface area contributed by atoms with Crippen LogP contribution in [0.25, 0.3) is 0 Å². The van der Waals surface area contributed by atoms with Gasteiger partial charge in [0.25, 0.3) is 0 Å². The molecule has 4 rings (SSSR count). The van der Waals surface area contributed by atoms with E-state index in [1.165, 1.54) is 12.1 Å². The van der Waals surface area contributed by atoms with Gasteiger partial charge in [-0.1, -0.05) is 61.7 Å². The topological polar surface area (TPSA) is 49.0 Å². The van der Waals surface area contributed by atoms with Crippen LogP contribution in [0.4, 0.5) is 4.39 Å². The van der Waals surface area contributed by atoms with E-state index in [9.17, 15) is 9.18 Å². The first-order chi connectivity index (χ1) is 14.6. The Kier molecular flexibility index (Phi) is 5.98.